The number of carbonyl (C=O) groups excluding carboxylic acids is 3. The zero-order valence-corrected chi connectivity index (χ0v) is 17.8. The highest BCUT2D eigenvalue weighted by atomic mass is 16.5. The van der Waals surface area contributed by atoms with E-state index in [2.05, 4.69) is 22.9 Å². The summed E-state index contributed by atoms with van der Waals surface area (Å²) in [6.07, 6.45) is 3.98. The van der Waals surface area contributed by atoms with Crippen LogP contribution in [0.4, 0.5) is 5.69 Å². The van der Waals surface area contributed by atoms with Gasteiger partial charge in [-0.1, -0.05) is 13.3 Å². The number of hydrogen-bond donors (Lipinski definition) is 3. The van der Waals surface area contributed by atoms with Crippen LogP contribution in [0.25, 0.3) is 0 Å². The lowest BCUT2D eigenvalue weighted by atomic mass is 10.1. The minimum atomic E-state index is -0.233. The molecule has 0 atom stereocenters. The Morgan fingerprint density at radius 1 is 0.871 bits per heavy atom. The number of rotatable bonds is 11. The molecule has 2 aromatic rings. The van der Waals surface area contributed by atoms with Crippen molar-refractivity contribution >= 4 is 23.4 Å². The summed E-state index contributed by atoms with van der Waals surface area (Å²) >= 11 is 0. The Hall–Kier alpha value is -3.35. The van der Waals surface area contributed by atoms with E-state index >= 15 is 0 Å². The minimum Gasteiger partial charge on any atom is -0.494 e. The average molecular weight is 424 g/mol. The van der Waals surface area contributed by atoms with Gasteiger partial charge in [-0.15, -0.1) is 0 Å². The summed E-state index contributed by atoms with van der Waals surface area (Å²) in [5, 5.41) is 8.39. The topological polar surface area (TPSA) is 96.5 Å². The first-order valence-corrected chi connectivity index (χ1v) is 10.8. The van der Waals surface area contributed by atoms with Crippen molar-refractivity contribution in [1.29, 1.82) is 0 Å². The molecule has 3 rings (SSSR count). The van der Waals surface area contributed by atoms with E-state index in [4.69, 9.17) is 4.74 Å². The van der Waals surface area contributed by atoms with E-state index in [0.717, 1.165) is 31.4 Å². The van der Waals surface area contributed by atoms with Gasteiger partial charge in [0, 0.05) is 35.8 Å². The second-order valence-electron chi connectivity index (χ2n) is 7.58. The van der Waals surface area contributed by atoms with Gasteiger partial charge in [0.15, 0.2) is 0 Å². The van der Waals surface area contributed by atoms with Gasteiger partial charge >= 0.3 is 0 Å². The van der Waals surface area contributed by atoms with Gasteiger partial charge in [0.1, 0.15) is 5.75 Å². The molecule has 164 valence electrons. The monoisotopic (exact) mass is 423 g/mol. The minimum absolute atomic E-state index is 0.0630. The molecule has 0 bridgehead atoms. The standard InChI is InChI=1S/C24H29N3O4/c1-2-3-16-31-21-12-8-19(9-13-21)24(30)27-20-10-6-18(7-11-20)23(29)26-15-14-25-22(28)17-4-5-17/h6-13,17H,2-5,14-16H2,1H3,(H,25,28)(H,26,29)(H,27,30). The lowest BCUT2D eigenvalue weighted by Gasteiger charge is -2.09. The van der Waals surface area contributed by atoms with Crippen molar-refractivity contribution in [2.45, 2.75) is 32.6 Å². The van der Waals surface area contributed by atoms with E-state index < -0.39 is 0 Å². The highest BCUT2D eigenvalue weighted by Crippen LogP contribution is 2.28. The summed E-state index contributed by atoms with van der Waals surface area (Å²) in [5.74, 6) is 0.511. The molecule has 3 N–H and O–H groups in total. The Labute approximate surface area is 182 Å². The quantitative estimate of drug-likeness (QED) is 0.483. The largest absolute Gasteiger partial charge is 0.494 e. The van der Waals surface area contributed by atoms with Crippen molar-refractivity contribution in [3.8, 4) is 5.75 Å². The van der Waals surface area contributed by atoms with Crippen LogP contribution in [0.15, 0.2) is 48.5 Å². The number of amides is 3. The van der Waals surface area contributed by atoms with E-state index in [1.807, 2.05) is 0 Å². The molecule has 3 amide bonds. The predicted molar refractivity (Wildman–Crippen MR) is 119 cm³/mol. The van der Waals surface area contributed by atoms with Crippen molar-refractivity contribution in [2.24, 2.45) is 5.92 Å². The van der Waals surface area contributed by atoms with Crippen molar-refractivity contribution in [3.05, 3.63) is 59.7 Å². The Morgan fingerprint density at radius 2 is 1.48 bits per heavy atom. The third-order valence-corrected chi connectivity index (χ3v) is 4.95. The van der Waals surface area contributed by atoms with E-state index in [0.29, 0.717) is 36.5 Å². The van der Waals surface area contributed by atoms with Gasteiger partial charge in [0.2, 0.25) is 5.91 Å². The van der Waals surface area contributed by atoms with Crippen LogP contribution in [0.2, 0.25) is 0 Å². The van der Waals surface area contributed by atoms with Gasteiger partial charge in [-0.2, -0.15) is 0 Å². The molecule has 0 spiro atoms. The van der Waals surface area contributed by atoms with E-state index in [1.165, 1.54) is 0 Å². The van der Waals surface area contributed by atoms with Gasteiger partial charge in [0.05, 0.1) is 6.61 Å². The number of hydrogen-bond acceptors (Lipinski definition) is 4. The van der Waals surface area contributed by atoms with Crippen LogP contribution in [0.1, 0.15) is 53.3 Å². The highest BCUT2D eigenvalue weighted by Gasteiger charge is 2.28. The number of nitrogens with one attached hydrogen (secondary N) is 3. The fourth-order valence-electron chi connectivity index (χ4n) is 2.90. The molecule has 31 heavy (non-hydrogen) atoms. The molecular formula is C24H29N3O4. The maximum atomic E-state index is 12.4. The fourth-order valence-corrected chi connectivity index (χ4v) is 2.90. The number of unbranched alkanes of at least 4 members (excludes halogenated alkanes) is 1. The molecule has 0 saturated heterocycles. The van der Waals surface area contributed by atoms with Gasteiger partial charge in [-0.3, -0.25) is 14.4 Å². The Bertz CT molecular complexity index is 890. The summed E-state index contributed by atoms with van der Waals surface area (Å²) in [6.45, 7) is 3.55. The Morgan fingerprint density at radius 3 is 2.13 bits per heavy atom. The zero-order chi connectivity index (χ0) is 22.1. The van der Waals surface area contributed by atoms with E-state index in [1.54, 1.807) is 48.5 Å². The summed E-state index contributed by atoms with van der Waals surface area (Å²) in [4.78, 5) is 36.2. The van der Waals surface area contributed by atoms with Crippen LogP contribution in [0.3, 0.4) is 0 Å². The van der Waals surface area contributed by atoms with Crippen LogP contribution in [0.5, 0.6) is 5.75 Å². The van der Waals surface area contributed by atoms with Crippen molar-refractivity contribution in [3.63, 3.8) is 0 Å². The Balaban J connectivity index is 1.43. The molecule has 0 aliphatic heterocycles. The smallest absolute Gasteiger partial charge is 0.255 e. The lowest BCUT2D eigenvalue weighted by molar-refractivity contribution is -0.122. The number of ether oxygens (including phenoxy) is 1. The van der Waals surface area contributed by atoms with Crippen LogP contribution < -0.4 is 20.7 Å². The Kier molecular flexibility index (Phi) is 8.04. The normalized spacial score (nSPS) is 12.7. The molecule has 1 saturated carbocycles. The SMILES string of the molecule is CCCCOc1ccc(C(=O)Nc2ccc(C(=O)NCCNC(=O)C3CC3)cc2)cc1. The first-order valence-electron chi connectivity index (χ1n) is 10.8. The molecule has 0 heterocycles. The van der Waals surface area contributed by atoms with Gasteiger partial charge in [-0.25, -0.2) is 0 Å². The molecule has 7 heteroatoms. The number of carbonyl (C=O) groups is 3. The van der Waals surface area contributed by atoms with Crippen LogP contribution in [0, 0.1) is 5.92 Å². The zero-order valence-electron chi connectivity index (χ0n) is 17.8. The maximum Gasteiger partial charge on any atom is 0.255 e. The van der Waals surface area contributed by atoms with Gasteiger partial charge in [-0.05, 0) is 67.8 Å². The second-order valence-corrected chi connectivity index (χ2v) is 7.58. The molecule has 0 unspecified atom stereocenters. The molecular weight excluding hydrogens is 394 g/mol. The van der Waals surface area contributed by atoms with Crippen molar-refractivity contribution in [1.82, 2.24) is 10.6 Å². The molecule has 0 aromatic heterocycles. The average Bonchev–Trinajstić information content (AvgIpc) is 3.63. The lowest BCUT2D eigenvalue weighted by Crippen LogP contribution is -2.35. The molecule has 7 nitrogen and oxygen atoms in total. The molecule has 1 fully saturated rings. The first-order chi connectivity index (χ1) is 15.1. The number of benzene rings is 2. The van der Waals surface area contributed by atoms with Crippen LogP contribution >= 0.6 is 0 Å². The van der Waals surface area contributed by atoms with Gasteiger partial charge < -0.3 is 20.7 Å². The summed E-state index contributed by atoms with van der Waals surface area (Å²) in [5.41, 5.74) is 1.61. The van der Waals surface area contributed by atoms with E-state index in [9.17, 15) is 14.4 Å². The summed E-state index contributed by atoms with van der Waals surface area (Å²) < 4.78 is 5.60. The van der Waals surface area contributed by atoms with Crippen molar-refractivity contribution in [2.75, 3.05) is 25.0 Å². The summed E-state index contributed by atoms with van der Waals surface area (Å²) in [7, 11) is 0. The molecule has 2 aromatic carbocycles. The molecule has 1 aliphatic carbocycles. The molecule has 0 radical (unpaired) electrons. The van der Waals surface area contributed by atoms with E-state index in [-0.39, 0.29) is 23.6 Å². The molecule has 1 aliphatic rings. The van der Waals surface area contributed by atoms with Crippen LogP contribution in [-0.2, 0) is 4.79 Å². The predicted octanol–water partition coefficient (Wildman–Crippen LogP) is 3.37. The number of anilines is 1. The third-order valence-electron chi connectivity index (χ3n) is 4.95. The third kappa shape index (κ3) is 7.13. The van der Waals surface area contributed by atoms with Gasteiger partial charge in [0.25, 0.3) is 11.8 Å². The first kappa shape index (κ1) is 22.3. The maximum absolute atomic E-state index is 12.4. The fraction of sp³-hybridized carbons (Fsp3) is 0.375. The highest BCUT2D eigenvalue weighted by molar-refractivity contribution is 6.04. The van der Waals surface area contributed by atoms with Crippen LogP contribution in [-0.4, -0.2) is 37.4 Å². The van der Waals surface area contributed by atoms with Crippen molar-refractivity contribution < 1.29 is 19.1 Å². The summed E-state index contributed by atoms with van der Waals surface area (Å²) in [6, 6.07) is 13.7. The second kappa shape index (κ2) is 11.2.